The SMILES string of the molecule is CC(=O)c1cccc(C2C[C@H](O)c3cc(S(=O)(=O)Nc4ccc(F)c(C)c4)ccc3N2)c1. The molecule has 3 aromatic rings. The van der Waals surface area contributed by atoms with Crippen molar-refractivity contribution in [1.82, 2.24) is 0 Å². The molecular weight excluding hydrogens is 431 g/mol. The number of carbonyl (C=O) groups excluding carboxylic acids is 1. The number of ketones is 1. The number of fused-ring (bicyclic) bond motifs is 1. The number of benzene rings is 3. The molecule has 3 aromatic carbocycles. The van der Waals surface area contributed by atoms with Crippen molar-refractivity contribution in [2.75, 3.05) is 10.0 Å². The van der Waals surface area contributed by atoms with Gasteiger partial charge in [-0.2, -0.15) is 0 Å². The summed E-state index contributed by atoms with van der Waals surface area (Å²) in [5, 5.41) is 14.1. The zero-order valence-corrected chi connectivity index (χ0v) is 18.4. The highest BCUT2D eigenvalue weighted by Crippen LogP contribution is 2.40. The number of Topliss-reactive ketones (excluding diaryl/α,β-unsaturated/α-hetero) is 1. The Balaban J connectivity index is 1.60. The second-order valence-electron chi connectivity index (χ2n) is 7.95. The molecule has 2 atom stereocenters. The van der Waals surface area contributed by atoms with Crippen LogP contribution in [0.4, 0.5) is 15.8 Å². The molecule has 1 aliphatic heterocycles. The van der Waals surface area contributed by atoms with Crippen molar-refractivity contribution in [1.29, 1.82) is 0 Å². The maximum absolute atomic E-state index is 13.5. The number of aliphatic hydroxyl groups is 1. The molecule has 0 saturated carbocycles. The molecule has 0 radical (unpaired) electrons. The lowest BCUT2D eigenvalue weighted by atomic mass is 9.90. The molecule has 3 N–H and O–H groups in total. The molecule has 8 heteroatoms. The molecule has 166 valence electrons. The third-order valence-electron chi connectivity index (χ3n) is 5.59. The Morgan fingerprint density at radius 2 is 1.91 bits per heavy atom. The van der Waals surface area contributed by atoms with E-state index in [1.54, 1.807) is 31.2 Å². The zero-order valence-electron chi connectivity index (χ0n) is 17.6. The number of sulfonamides is 1. The van der Waals surface area contributed by atoms with Crippen molar-refractivity contribution in [3.8, 4) is 0 Å². The third-order valence-corrected chi connectivity index (χ3v) is 6.97. The molecule has 1 heterocycles. The van der Waals surface area contributed by atoms with Crippen LogP contribution in [-0.4, -0.2) is 19.3 Å². The quantitative estimate of drug-likeness (QED) is 0.485. The minimum Gasteiger partial charge on any atom is -0.388 e. The zero-order chi connectivity index (χ0) is 23.0. The Kier molecular flexibility index (Phi) is 5.75. The van der Waals surface area contributed by atoms with Gasteiger partial charge < -0.3 is 10.4 Å². The molecule has 4 rings (SSSR count). The second kappa shape index (κ2) is 8.37. The van der Waals surface area contributed by atoms with Gasteiger partial charge in [0.15, 0.2) is 5.78 Å². The van der Waals surface area contributed by atoms with Crippen LogP contribution in [0.1, 0.15) is 52.5 Å². The van der Waals surface area contributed by atoms with Crippen molar-refractivity contribution >= 4 is 27.2 Å². The molecule has 0 aromatic heterocycles. The molecule has 0 spiro atoms. The van der Waals surface area contributed by atoms with Crippen LogP contribution >= 0.6 is 0 Å². The molecule has 0 amide bonds. The normalized spacial score (nSPS) is 17.9. The van der Waals surface area contributed by atoms with Gasteiger partial charge in [0.05, 0.1) is 17.0 Å². The number of aryl methyl sites for hydroxylation is 1. The Bertz CT molecular complexity index is 1310. The van der Waals surface area contributed by atoms with Gasteiger partial charge in [0.1, 0.15) is 5.82 Å². The van der Waals surface area contributed by atoms with Gasteiger partial charge in [0.25, 0.3) is 10.0 Å². The lowest BCUT2D eigenvalue weighted by molar-refractivity contribution is 0.101. The van der Waals surface area contributed by atoms with Crippen LogP contribution in [0.15, 0.2) is 65.6 Å². The molecule has 32 heavy (non-hydrogen) atoms. The van der Waals surface area contributed by atoms with Crippen molar-refractivity contribution in [3.63, 3.8) is 0 Å². The molecule has 0 bridgehead atoms. The van der Waals surface area contributed by atoms with Gasteiger partial charge in [0, 0.05) is 28.9 Å². The summed E-state index contributed by atoms with van der Waals surface area (Å²) in [6, 6.07) is 15.5. The highest BCUT2D eigenvalue weighted by molar-refractivity contribution is 7.92. The predicted octanol–water partition coefficient (Wildman–Crippen LogP) is 4.73. The second-order valence-corrected chi connectivity index (χ2v) is 9.63. The van der Waals surface area contributed by atoms with Crippen LogP contribution in [0.5, 0.6) is 0 Å². The van der Waals surface area contributed by atoms with E-state index < -0.39 is 21.9 Å². The van der Waals surface area contributed by atoms with Gasteiger partial charge in [-0.1, -0.05) is 18.2 Å². The van der Waals surface area contributed by atoms with E-state index in [0.717, 1.165) is 5.56 Å². The number of rotatable bonds is 5. The van der Waals surface area contributed by atoms with Crippen LogP contribution < -0.4 is 10.0 Å². The van der Waals surface area contributed by atoms with Crippen LogP contribution in [0, 0.1) is 12.7 Å². The number of nitrogens with one attached hydrogen (secondary N) is 2. The number of halogens is 1. The topological polar surface area (TPSA) is 95.5 Å². The summed E-state index contributed by atoms with van der Waals surface area (Å²) in [4.78, 5) is 11.7. The largest absolute Gasteiger partial charge is 0.388 e. The van der Waals surface area contributed by atoms with Gasteiger partial charge in [-0.15, -0.1) is 0 Å². The Morgan fingerprint density at radius 1 is 1.12 bits per heavy atom. The summed E-state index contributed by atoms with van der Waals surface area (Å²) in [6.07, 6.45) is -0.567. The van der Waals surface area contributed by atoms with Crippen LogP contribution in [0.3, 0.4) is 0 Å². The Labute approximate surface area is 186 Å². The van der Waals surface area contributed by atoms with Crippen LogP contribution in [-0.2, 0) is 10.0 Å². The van der Waals surface area contributed by atoms with Crippen LogP contribution in [0.2, 0.25) is 0 Å². The predicted molar refractivity (Wildman–Crippen MR) is 121 cm³/mol. The van der Waals surface area contributed by atoms with Crippen molar-refractivity contribution in [2.45, 2.75) is 37.3 Å². The highest BCUT2D eigenvalue weighted by Gasteiger charge is 2.28. The average Bonchev–Trinajstić information content (AvgIpc) is 2.76. The van der Waals surface area contributed by atoms with E-state index in [1.165, 1.54) is 37.3 Å². The van der Waals surface area contributed by atoms with E-state index in [-0.39, 0.29) is 22.4 Å². The lowest BCUT2D eigenvalue weighted by Gasteiger charge is -2.31. The molecule has 0 fully saturated rings. The first-order chi connectivity index (χ1) is 15.1. The summed E-state index contributed by atoms with van der Waals surface area (Å²) >= 11 is 0. The van der Waals surface area contributed by atoms with E-state index in [2.05, 4.69) is 10.0 Å². The van der Waals surface area contributed by atoms with Gasteiger partial charge >= 0.3 is 0 Å². The Morgan fingerprint density at radius 3 is 2.62 bits per heavy atom. The fourth-order valence-corrected chi connectivity index (χ4v) is 4.91. The minimum atomic E-state index is -3.93. The van der Waals surface area contributed by atoms with Gasteiger partial charge in [0.2, 0.25) is 0 Å². The fourth-order valence-electron chi connectivity index (χ4n) is 3.83. The third kappa shape index (κ3) is 4.37. The van der Waals surface area contributed by atoms with E-state index in [9.17, 15) is 22.7 Å². The minimum absolute atomic E-state index is 0.00361. The lowest BCUT2D eigenvalue weighted by Crippen LogP contribution is -2.22. The standard InChI is InChI=1S/C24H23FN2O4S/c1-14-10-18(6-8-21(14)25)27-32(30,31)19-7-9-22-20(12-19)24(29)13-23(26-22)17-5-3-4-16(11-17)15(2)28/h3-12,23-24,26-27,29H,13H2,1-2H3/t23?,24-/m0/s1. The van der Waals surface area contributed by atoms with Crippen molar-refractivity contribution < 1.29 is 22.7 Å². The Hall–Kier alpha value is -3.23. The first kappa shape index (κ1) is 22.0. The monoisotopic (exact) mass is 454 g/mol. The van der Waals surface area contributed by atoms with E-state index >= 15 is 0 Å². The van der Waals surface area contributed by atoms with Gasteiger partial charge in [-0.25, -0.2) is 12.8 Å². The molecule has 1 aliphatic rings. The molecule has 1 unspecified atom stereocenters. The van der Waals surface area contributed by atoms with Gasteiger partial charge in [-0.05, 0) is 67.4 Å². The molecule has 0 saturated heterocycles. The molecule has 6 nitrogen and oxygen atoms in total. The van der Waals surface area contributed by atoms with Crippen molar-refractivity contribution in [2.24, 2.45) is 0 Å². The van der Waals surface area contributed by atoms with Crippen LogP contribution in [0.25, 0.3) is 0 Å². The molecule has 0 aliphatic carbocycles. The first-order valence-electron chi connectivity index (χ1n) is 10.1. The number of aliphatic hydroxyl groups excluding tert-OH is 1. The van der Waals surface area contributed by atoms with E-state index in [1.807, 2.05) is 6.07 Å². The average molecular weight is 455 g/mol. The highest BCUT2D eigenvalue weighted by atomic mass is 32.2. The van der Waals surface area contributed by atoms with Crippen molar-refractivity contribution in [3.05, 3.63) is 88.7 Å². The number of anilines is 2. The number of hydrogen-bond acceptors (Lipinski definition) is 5. The number of carbonyl (C=O) groups is 1. The maximum atomic E-state index is 13.5. The van der Waals surface area contributed by atoms with Gasteiger partial charge in [-0.3, -0.25) is 9.52 Å². The summed E-state index contributed by atoms with van der Waals surface area (Å²) in [5.74, 6) is -0.457. The smallest absolute Gasteiger partial charge is 0.261 e. The summed E-state index contributed by atoms with van der Waals surface area (Å²) in [5.41, 5.74) is 3.14. The number of hydrogen-bond donors (Lipinski definition) is 3. The maximum Gasteiger partial charge on any atom is 0.261 e. The summed E-state index contributed by atoms with van der Waals surface area (Å²) in [7, 11) is -3.93. The first-order valence-corrected chi connectivity index (χ1v) is 11.6. The molecular formula is C24H23FN2O4S. The summed E-state index contributed by atoms with van der Waals surface area (Å²) < 4.78 is 41.6. The van der Waals surface area contributed by atoms with E-state index in [0.29, 0.717) is 28.8 Å². The summed E-state index contributed by atoms with van der Waals surface area (Å²) in [6.45, 7) is 3.05. The fraction of sp³-hybridized carbons (Fsp3) is 0.208. The van der Waals surface area contributed by atoms with E-state index in [4.69, 9.17) is 0 Å².